The summed E-state index contributed by atoms with van der Waals surface area (Å²) in [5.41, 5.74) is 0.0649. The van der Waals surface area contributed by atoms with Gasteiger partial charge in [-0.15, -0.1) is 0 Å². The molecule has 0 radical (unpaired) electrons. The normalized spacial score (nSPS) is 10.6. The monoisotopic (exact) mass is 341 g/mol. The third kappa shape index (κ3) is 3.76. The van der Waals surface area contributed by atoms with Gasteiger partial charge in [0.05, 0.1) is 11.6 Å². The number of aromatic hydroxyl groups is 1. The molecule has 1 heterocycles. The van der Waals surface area contributed by atoms with Crippen molar-refractivity contribution in [3.05, 3.63) is 52.1 Å². The minimum absolute atomic E-state index is 0.0602. The Bertz CT molecular complexity index is 738. The predicted octanol–water partition coefficient (Wildman–Crippen LogP) is 1.83. The Balaban J connectivity index is 2.24. The van der Waals surface area contributed by atoms with Gasteiger partial charge in [-0.3, -0.25) is 4.79 Å². The van der Waals surface area contributed by atoms with Gasteiger partial charge in [-0.05, 0) is 12.1 Å². The van der Waals surface area contributed by atoms with Crippen LogP contribution >= 0.6 is 11.6 Å². The summed E-state index contributed by atoms with van der Waals surface area (Å²) in [4.78, 5) is 15.2. The minimum atomic E-state index is -0.810. The number of Topliss-reactive ketones (excluding diaryl/α,β-unsaturated/α-hetero) is 1. The van der Waals surface area contributed by atoms with Crippen LogP contribution in [0.2, 0.25) is 5.02 Å². The second-order valence-electron chi connectivity index (χ2n) is 4.56. The Hall–Kier alpha value is -2.22. The maximum Gasteiger partial charge on any atom is 0.210 e. The number of aliphatic hydroxyl groups excluding tert-OH is 2. The van der Waals surface area contributed by atoms with Gasteiger partial charge >= 0.3 is 0 Å². The number of rotatable bonds is 6. The first-order valence-electron chi connectivity index (χ1n) is 6.50. The number of hydrogen-bond donors (Lipinski definition) is 3. The van der Waals surface area contributed by atoms with E-state index in [0.717, 1.165) is 6.07 Å². The Labute approximate surface area is 135 Å². The van der Waals surface area contributed by atoms with Gasteiger partial charge in [0.25, 0.3) is 0 Å². The van der Waals surface area contributed by atoms with Crippen molar-refractivity contribution in [1.82, 2.24) is 4.98 Å². The number of ketones is 1. The molecule has 6 nitrogen and oxygen atoms in total. The van der Waals surface area contributed by atoms with Crippen LogP contribution in [0.3, 0.4) is 0 Å². The van der Waals surface area contributed by atoms with Crippen LogP contribution in [0.1, 0.15) is 21.6 Å². The molecule has 0 fully saturated rings. The fraction of sp³-hybridized carbons (Fsp3) is 0.200. The molecule has 1 aromatic carbocycles. The number of aromatic nitrogens is 1. The molecule has 8 heteroatoms. The first-order chi connectivity index (χ1) is 11.0. The number of ether oxygens (including phenoxy) is 1. The van der Waals surface area contributed by atoms with Crippen LogP contribution in [0.15, 0.2) is 24.4 Å². The van der Waals surface area contributed by atoms with Crippen LogP contribution in [-0.2, 0) is 13.2 Å². The topological polar surface area (TPSA) is 99.9 Å². The fourth-order valence-electron chi connectivity index (χ4n) is 1.88. The molecule has 0 amide bonds. The second kappa shape index (κ2) is 7.36. The number of hydrogen-bond acceptors (Lipinski definition) is 6. The molecule has 1 aromatic heterocycles. The second-order valence-corrected chi connectivity index (χ2v) is 4.97. The third-order valence-corrected chi connectivity index (χ3v) is 3.39. The summed E-state index contributed by atoms with van der Waals surface area (Å²) in [6.45, 7) is -1.45. The molecular weight excluding hydrogens is 329 g/mol. The van der Waals surface area contributed by atoms with Gasteiger partial charge in [0, 0.05) is 23.4 Å². The zero-order chi connectivity index (χ0) is 17.0. The van der Waals surface area contributed by atoms with E-state index in [1.807, 2.05) is 0 Å². The highest BCUT2D eigenvalue weighted by Crippen LogP contribution is 2.27. The smallest absolute Gasteiger partial charge is 0.210 e. The molecule has 2 aromatic rings. The van der Waals surface area contributed by atoms with Gasteiger partial charge < -0.3 is 20.1 Å². The Morgan fingerprint density at radius 2 is 2.09 bits per heavy atom. The lowest BCUT2D eigenvalue weighted by atomic mass is 10.1. The highest BCUT2D eigenvalue weighted by molar-refractivity contribution is 6.30. The lowest BCUT2D eigenvalue weighted by Crippen LogP contribution is -2.11. The number of aliphatic hydroxyl groups is 2. The summed E-state index contributed by atoms with van der Waals surface area (Å²) in [6, 6.07) is 3.80. The molecule has 0 saturated heterocycles. The van der Waals surface area contributed by atoms with Crippen molar-refractivity contribution in [2.24, 2.45) is 0 Å². The minimum Gasteiger partial charge on any atom is -0.505 e. The summed E-state index contributed by atoms with van der Waals surface area (Å²) in [6.07, 6.45) is 1.25. The van der Waals surface area contributed by atoms with Crippen molar-refractivity contribution in [1.29, 1.82) is 0 Å². The van der Waals surface area contributed by atoms with E-state index in [0.29, 0.717) is 5.56 Å². The van der Waals surface area contributed by atoms with Crippen LogP contribution in [-0.4, -0.2) is 32.7 Å². The molecule has 23 heavy (non-hydrogen) atoms. The summed E-state index contributed by atoms with van der Waals surface area (Å²) >= 11 is 5.64. The summed E-state index contributed by atoms with van der Waals surface area (Å²) in [7, 11) is 0. The van der Waals surface area contributed by atoms with E-state index in [-0.39, 0.29) is 28.6 Å². The summed E-state index contributed by atoms with van der Waals surface area (Å²) < 4.78 is 18.5. The zero-order valence-corrected chi connectivity index (χ0v) is 12.5. The largest absolute Gasteiger partial charge is 0.505 e. The van der Waals surface area contributed by atoms with Crippen molar-refractivity contribution in [3.8, 4) is 11.5 Å². The van der Waals surface area contributed by atoms with E-state index in [9.17, 15) is 19.4 Å². The zero-order valence-electron chi connectivity index (χ0n) is 11.8. The first-order valence-corrected chi connectivity index (χ1v) is 6.88. The maximum atomic E-state index is 13.1. The average Bonchev–Trinajstić information content (AvgIpc) is 2.55. The van der Waals surface area contributed by atoms with Crippen LogP contribution in [0.5, 0.6) is 11.5 Å². The van der Waals surface area contributed by atoms with E-state index in [1.54, 1.807) is 0 Å². The quantitative estimate of drug-likeness (QED) is 0.693. The van der Waals surface area contributed by atoms with E-state index < -0.39 is 30.6 Å². The van der Waals surface area contributed by atoms with Gasteiger partial charge in [-0.2, -0.15) is 0 Å². The lowest BCUT2D eigenvalue weighted by molar-refractivity contribution is 0.0895. The Morgan fingerprint density at radius 3 is 2.70 bits per heavy atom. The molecule has 0 aliphatic carbocycles. The molecule has 0 bridgehead atoms. The van der Waals surface area contributed by atoms with Crippen LogP contribution in [0.4, 0.5) is 4.39 Å². The molecule has 3 N–H and O–H groups in total. The van der Waals surface area contributed by atoms with Crippen molar-refractivity contribution >= 4 is 17.4 Å². The molecule has 0 unspecified atom stereocenters. The van der Waals surface area contributed by atoms with Crippen molar-refractivity contribution in [2.45, 2.75) is 13.2 Å². The van der Waals surface area contributed by atoms with Gasteiger partial charge in [0.1, 0.15) is 24.8 Å². The standard InChI is InChI=1S/C15H13ClFNO5/c16-11-3-9(1-2-12(11)17)23-7-8-4-18-14(13(21)6-20)15(22)10(8)5-19/h1-4,19-20,22H,5-7H2. The van der Waals surface area contributed by atoms with E-state index in [1.165, 1.54) is 18.3 Å². The number of carbonyl (C=O) groups excluding carboxylic acids is 1. The number of pyridine rings is 1. The predicted molar refractivity (Wildman–Crippen MR) is 79.0 cm³/mol. The fourth-order valence-corrected chi connectivity index (χ4v) is 2.05. The van der Waals surface area contributed by atoms with Crippen LogP contribution < -0.4 is 4.74 Å². The van der Waals surface area contributed by atoms with Crippen LogP contribution in [0.25, 0.3) is 0 Å². The average molecular weight is 342 g/mol. The van der Waals surface area contributed by atoms with Gasteiger partial charge in [0.15, 0.2) is 11.4 Å². The lowest BCUT2D eigenvalue weighted by Gasteiger charge is -2.13. The molecule has 2 rings (SSSR count). The third-order valence-electron chi connectivity index (χ3n) is 3.10. The maximum absolute atomic E-state index is 13.1. The number of nitrogens with zero attached hydrogens (tertiary/aromatic N) is 1. The molecule has 0 aliphatic heterocycles. The number of halogens is 2. The highest BCUT2D eigenvalue weighted by atomic mass is 35.5. The SMILES string of the molecule is O=C(CO)c1ncc(COc2ccc(F)c(Cl)c2)c(CO)c1O. The molecule has 0 saturated carbocycles. The first kappa shape index (κ1) is 17.1. The van der Waals surface area contributed by atoms with Crippen LogP contribution in [0, 0.1) is 5.82 Å². The number of benzene rings is 1. The van der Waals surface area contributed by atoms with Gasteiger partial charge in [-0.1, -0.05) is 11.6 Å². The molecule has 0 spiro atoms. The Kier molecular flexibility index (Phi) is 5.49. The number of carbonyl (C=O) groups is 1. The molecule has 122 valence electrons. The summed E-state index contributed by atoms with van der Waals surface area (Å²) in [5, 5.41) is 28.0. The van der Waals surface area contributed by atoms with E-state index >= 15 is 0 Å². The van der Waals surface area contributed by atoms with Crippen molar-refractivity contribution in [2.75, 3.05) is 6.61 Å². The van der Waals surface area contributed by atoms with E-state index in [2.05, 4.69) is 4.98 Å². The molecule has 0 atom stereocenters. The molecule has 0 aliphatic rings. The van der Waals surface area contributed by atoms with Crippen molar-refractivity contribution in [3.63, 3.8) is 0 Å². The van der Waals surface area contributed by atoms with E-state index in [4.69, 9.17) is 21.4 Å². The Morgan fingerprint density at radius 1 is 1.35 bits per heavy atom. The van der Waals surface area contributed by atoms with Gasteiger partial charge in [-0.25, -0.2) is 9.37 Å². The van der Waals surface area contributed by atoms with Crippen molar-refractivity contribution < 1.29 is 29.2 Å². The summed E-state index contributed by atoms with van der Waals surface area (Å²) in [5.74, 6) is -1.57. The highest BCUT2D eigenvalue weighted by Gasteiger charge is 2.18. The molecular formula is C15H13ClFNO5. The van der Waals surface area contributed by atoms with Gasteiger partial charge in [0.2, 0.25) is 5.78 Å².